The summed E-state index contributed by atoms with van der Waals surface area (Å²) in [4.78, 5) is 19.9. The van der Waals surface area contributed by atoms with Gasteiger partial charge in [-0.3, -0.25) is 9.79 Å². The van der Waals surface area contributed by atoms with Crippen LogP contribution in [0, 0.1) is 5.92 Å². The van der Waals surface area contributed by atoms with E-state index >= 15 is 0 Å². The summed E-state index contributed by atoms with van der Waals surface area (Å²) >= 11 is 7.31. The lowest BCUT2D eigenvalue weighted by Gasteiger charge is -2.35. The number of amides is 1. The van der Waals surface area contributed by atoms with E-state index in [4.69, 9.17) is 11.6 Å². The van der Waals surface area contributed by atoms with Gasteiger partial charge in [0.05, 0.1) is 10.9 Å². The highest BCUT2D eigenvalue weighted by atomic mass is 127. The summed E-state index contributed by atoms with van der Waals surface area (Å²) in [6.07, 6.45) is 2.96. The van der Waals surface area contributed by atoms with E-state index in [1.165, 1.54) is 11.3 Å². The van der Waals surface area contributed by atoms with E-state index in [0.29, 0.717) is 16.2 Å². The van der Waals surface area contributed by atoms with Crippen LogP contribution in [0.3, 0.4) is 0 Å². The van der Waals surface area contributed by atoms with Crippen molar-refractivity contribution in [3.8, 4) is 0 Å². The number of carbonyl (C=O) groups is 1. The number of halogens is 2. The van der Waals surface area contributed by atoms with Gasteiger partial charge in [0.25, 0.3) is 0 Å². The third-order valence-corrected chi connectivity index (χ3v) is 6.50. The SMILES string of the molecule is CCNC(=NCC(O)c1ccc(Cl)s1)NC1CCN(C(=O)C(CC)CC)CC1.I. The van der Waals surface area contributed by atoms with Gasteiger partial charge in [-0.25, -0.2) is 0 Å². The number of hydrogen-bond acceptors (Lipinski definition) is 4. The summed E-state index contributed by atoms with van der Waals surface area (Å²) in [6.45, 7) is 8.77. The van der Waals surface area contributed by atoms with Gasteiger partial charge >= 0.3 is 0 Å². The highest BCUT2D eigenvalue weighted by molar-refractivity contribution is 14.0. The predicted molar refractivity (Wildman–Crippen MR) is 132 cm³/mol. The molecular formula is C20H34ClIN4O2S. The molecule has 1 saturated heterocycles. The largest absolute Gasteiger partial charge is 0.386 e. The number of aliphatic hydroxyl groups excluding tert-OH is 1. The van der Waals surface area contributed by atoms with Crippen molar-refractivity contribution in [2.24, 2.45) is 10.9 Å². The van der Waals surface area contributed by atoms with Crippen molar-refractivity contribution >= 4 is 58.8 Å². The number of hydrogen-bond donors (Lipinski definition) is 3. The van der Waals surface area contributed by atoms with Gasteiger partial charge in [-0.1, -0.05) is 25.4 Å². The number of carbonyl (C=O) groups excluding carboxylic acids is 1. The number of likely N-dealkylation sites (tertiary alicyclic amines) is 1. The van der Waals surface area contributed by atoms with Gasteiger partial charge in [-0.15, -0.1) is 35.3 Å². The minimum Gasteiger partial charge on any atom is -0.386 e. The Bertz CT molecular complexity index is 646. The lowest BCUT2D eigenvalue weighted by Crippen LogP contribution is -2.50. The van der Waals surface area contributed by atoms with Crippen molar-refractivity contribution in [1.82, 2.24) is 15.5 Å². The van der Waals surface area contributed by atoms with Crippen LogP contribution in [0.1, 0.15) is 57.4 Å². The molecule has 1 atom stereocenters. The van der Waals surface area contributed by atoms with Gasteiger partial charge in [-0.05, 0) is 44.7 Å². The molecule has 1 fully saturated rings. The zero-order chi connectivity index (χ0) is 20.5. The van der Waals surface area contributed by atoms with Crippen LogP contribution in [-0.4, -0.2) is 54.1 Å². The highest BCUT2D eigenvalue weighted by Crippen LogP contribution is 2.27. The number of aliphatic hydroxyl groups is 1. The molecule has 2 heterocycles. The van der Waals surface area contributed by atoms with Crippen LogP contribution in [0.4, 0.5) is 0 Å². The summed E-state index contributed by atoms with van der Waals surface area (Å²) in [5.74, 6) is 1.14. The van der Waals surface area contributed by atoms with Gasteiger partial charge in [0.15, 0.2) is 5.96 Å². The molecule has 29 heavy (non-hydrogen) atoms. The fraction of sp³-hybridized carbons (Fsp3) is 0.700. The maximum Gasteiger partial charge on any atom is 0.225 e. The molecule has 0 bridgehead atoms. The standard InChI is InChI=1S/C20H33ClN4O2S.HI/c1-4-14(5-2)19(27)25-11-9-15(10-12-25)24-20(22-6-3)23-13-16(26)17-7-8-18(21)28-17;/h7-8,14-16,26H,4-6,9-13H2,1-3H3,(H2,22,23,24);1H. The maximum atomic E-state index is 12.5. The summed E-state index contributed by atoms with van der Waals surface area (Å²) in [5.41, 5.74) is 0. The quantitative estimate of drug-likeness (QED) is 0.257. The number of nitrogens with zero attached hydrogens (tertiary/aromatic N) is 2. The molecule has 0 spiro atoms. The van der Waals surface area contributed by atoms with Gasteiger partial charge < -0.3 is 20.6 Å². The molecule has 6 nitrogen and oxygen atoms in total. The van der Waals surface area contributed by atoms with Gasteiger partial charge in [-0.2, -0.15) is 0 Å². The smallest absolute Gasteiger partial charge is 0.225 e. The number of guanidine groups is 1. The average molecular weight is 557 g/mol. The lowest BCUT2D eigenvalue weighted by atomic mass is 9.98. The molecule has 0 aromatic carbocycles. The van der Waals surface area contributed by atoms with Crippen molar-refractivity contribution in [1.29, 1.82) is 0 Å². The minimum absolute atomic E-state index is 0. The van der Waals surface area contributed by atoms with E-state index in [0.717, 1.165) is 50.2 Å². The van der Waals surface area contributed by atoms with E-state index in [1.54, 1.807) is 6.07 Å². The predicted octanol–water partition coefficient (Wildman–Crippen LogP) is 4.04. The van der Waals surface area contributed by atoms with E-state index in [1.807, 2.05) is 17.9 Å². The number of aliphatic imine (C=N–C) groups is 1. The maximum absolute atomic E-state index is 12.5. The Balaban J connectivity index is 0.00000420. The third kappa shape index (κ3) is 8.22. The Labute approximate surface area is 200 Å². The average Bonchev–Trinajstić information content (AvgIpc) is 3.14. The first-order valence-electron chi connectivity index (χ1n) is 10.2. The molecule has 0 saturated carbocycles. The summed E-state index contributed by atoms with van der Waals surface area (Å²) in [7, 11) is 0. The fourth-order valence-corrected chi connectivity index (χ4v) is 4.47. The van der Waals surface area contributed by atoms with Crippen molar-refractivity contribution in [2.45, 2.75) is 58.6 Å². The van der Waals surface area contributed by atoms with Crippen molar-refractivity contribution in [3.63, 3.8) is 0 Å². The van der Waals surface area contributed by atoms with Crippen molar-refractivity contribution in [3.05, 3.63) is 21.3 Å². The molecule has 3 N–H and O–H groups in total. The Hall–Kier alpha value is -0.580. The van der Waals surface area contributed by atoms with Gasteiger partial charge in [0, 0.05) is 36.5 Å². The topological polar surface area (TPSA) is 77.0 Å². The van der Waals surface area contributed by atoms with E-state index in [-0.39, 0.29) is 42.5 Å². The first-order valence-corrected chi connectivity index (χ1v) is 11.4. The Kier molecular flexibility index (Phi) is 12.5. The number of piperidine rings is 1. The second kappa shape index (κ2) is 13.7. The molecule has 1 aliphatic heterocycles. The zero-order valence-electron chi connectivity index (χ0n) is 17.5. The molecule has 9 heteroatoms. The van der Waals surface area contributed by atoms with Crippen LogP contribution in [0.5, 0.6) is 0 Å². The lowest BCUT2D eigenvalue weighted by molar-refractivity contribution is -0.136. The van der Waals surface area contributed by atoms with Crippen molar-refractivity contribution < 1.29 is 9.90 Å². The molecule has 1 amide bonds. The van der Waals surface area contributed by atoms with Crippen LogP contribution in [0.15, 0.2) is 17.1 Å². The summed E-state index contributed by atoms with van der Waals surface area (Å²) in [5, 5.41) is 17.0. The first kappa shape index (κ1) is 26.5. The van der Waals surface area contributed by atoms with Crippen LogP contribution in [0.25, 0.3) is 0 Å². The van der Waals surface area contributed by atoms with E-state index in [9.17, 15) is 9.90 Å². The molecule has 1 unspecified atom stereocenters. The summed E-state index contributed by atoms with van der Waals surface area (Å²) < 4.78 is 0.665. The second-order valence-corrected chi connectivity index (χ2v) is 8.88. The van der Waals surface area contributed by atoms with Crippen LogP contribution < -0.4 is 10.6 Å². The van der Waals surface area contributed by atoms with Gasteiger partial charge in [0.1, 0.15) is 6.10 Å². The van der Waals surface area contributed by atoms with Crippen LogP contribution in [0.2, 0.25) is 4.34 Å². The third-order valence-electron chi connectivity index (χ3n) is 5.17. The molecule has 1 aromatic rings. The fourth-order valence-electron chi connectivity index (χ4n) is 3.43. The van der Waals surface area contributed by atoms with Crippen molar-refractivity contribution in [2.75, 3.05) is 26.2 Å². The molecule has 1 aromatic heterocycles. The molecule has 0 aliphatic carbocycles. The minimum atomic E-state index is -0.660. The molecule has 1 aliphatic rings. The number of nitrogens with one attached hydrogen (secondary N) is 2. The van der Waals surface area contributed by atoms with Crippen LogP contribution in [-0.2, 0) is 4.79 Å². The highest BCUT2D eigenvalue weighted by Gasteiger charge is 2.26. The first-order chi connectivity index (χ1) is 13.5. The van der Waals surface area contributed by atoms with Crippen LogP contribution >= 0.6 is 46.9 Å². The zero-order valence-corrected chi connectivity index (χ0v) is 21.4. The monoisotopic (exact) mass is 556 g/mol. The van der Waals surface area contributed by atoms with Gasteiger partial charge in [0.2, 0.25) is 5.91 Å². The second-order valence-electron chi connectivity index (χ2n) is 7.13. The normalized spacial score (nSPS) is 16.5. The Morgan fingerprint density at radius 1 is 1.31 bits per heavy atom. The molecule has 166 valence electrons. The summed E-state index contributed by atoms with van der Waals surface area (Å²) in [6, 6.07) is 3.89. The van der Waals surface area contributed by atoms with E-state index in [2.05, 4.69) is 29.5 Å². The molecule has 2 rings (SSSR count). The number of rotatable bonds is 8. The Morgan fingerprint density at radius 3 is 2.48 bits per heavy atom. The van der Waals surface area contributed by atoms with E-state index < -0.39 is 6.10 Å². The Morgan fingerprint density at radius 2 is 1.97 bits per heavy atom. The molecule has 0 radical (unpaired) electrons. The number of thiophene rings is 1. The molecular weight excluding hydrogens is 523 g/mol.